The predicted octanol–water partition coefficient (Wildman–Crippen LogP) is 3.86. The van der Waals surface area contributed by atoms with Gasteiger partial charge in [-0.1, -0.05) is 18.2 Å². The first kappa shape index (κ1) is 28.9. The number of nitrogens with zero attached hydrogens (tertiary/aromatic N) is 5. The Bertz CT molecular complexity index is 1430. The number of hydrogen-bond donors (Lipinski definition) is 1. The largest absolute Gasteiger partial charge is 0.404 e. The summed E-state index contributed by atoms with van der Waals surface area (Å²) >= 11 is 0. The van der Waals surface area contributed by atoms with Gasteiger partial charge in [0.15, 0.2) is 5.65 Å². The molecule has 2 unspecified atom stereocenters. The Labute approximate surface area is 229 Å². The second-order valence-electron chi connectivity index (χ2n) is 9.70. The Kier molecular flexibility index (Phi) is 8.98. The minimum atomic E-state index is -4.36. The van der Waals surface area contributed by atoms with E-state index in [2.05, 4.69) is 15.1 Å². The van der Waals surface area contributed by atoms with E-state index in [-0.39, 0.29) is 18.4 Å². The molecule has 0 spiro atoms. The van der Waals surface area contributed by atoms with Crippen molar-refractivity contribution in [1.82, 2.24) is 19.5 Å². The van der Waals surface area contributed by atoms with E-state index in [9.17, 15) is 22.8 Å². The van der Waals surface area contributed by atoms with Gasteiger partial charge >= 0.3 is 6.18 Å². The monoisotopic (exact) mass is 556 g/mol. The average Bonchev–Trinajstić information content (AvgIpc) is 3.59. The summed E-state index contributed by atoms with van der Waals surface area (Å²) in [7, 11) is 1.64. The van der Waals surface area contributed by atoms with Gasteiger partial charge in [0.2, 0.25) is 5.91 Å². The molecule has 2 N–H and O–H groups in total. The Morgan fingerprint density at radius 3 is 2.77 bits per heavy atom. The molecule has 1 amide bonds. The number of imidazole rings is 1. The van der Waals surface area contributed by atoms with E-state index in [0.29, 0.717) is 41.1 Å². The standard InChI is InChI=1S/C28H31F3N6O3/c1-18(27(39)36-9-7-24(17-36)40-2)33-14-22(13-32)21-12-26-34-16-25(37(26)35-15-21)20-5-3-4-19(10-20)11-23(38)6-8-28(29,30)31/h3-5,10,12-16,18,24H,6-9,11,17,32H2,1-2H3. The van der Waals surface area contributed by atoms with Crippen LogP contribution in [0.4, 0.5) is 13.2 Å². The number of methoxy groups -OCH3 is 1. The molecule has 1 aliphatic rings. The van der Waals surface area contributed by atoms with Crippen LogP contribution in [0.25, 0.3) is 22.5 Å². The van der Waals surface area contributed by atoms with Gasteiger partial charge in [-0.3, -0.25) is 14.6 Å². The zero-order valence-electron chi connectivity index (χ0n) is 22.3. The van der Waals surface area contributed by atoms with Crippen LogP contribution in [0, 0.1) is 0 Å². The number of aromatic nitrogens is 3. The van der Waals surface area contributed by atoms with Gasteiger partial charge in [-0.25, -0.2) is 9.50 Å². The summed E-state index contributed by atoms with van der Waals surface area (Å²) in [4.78, 5) is 35.4. The molecule has 4 rings (SSSR count). The highest BCUT2D eigenvalue weighted by molar-refractivity contribution is 6.10. The smallest absolute Gasteiger partial charge is 0.389 e. The molecule has 2 atom stereocenters. The van der Waals surface area contributed by atoms with Crippen molar-refractivity contribution < 1.29 is 27.5 Å². The molecule has 3 aromatic rings. The SMILES string of the molecule is COC1CCN(C(=O)C(C)N=CC(=CN)c2cnn3c(-c4cccc(CC(=O)CCC(F)(F)F)c4)cnc3c2)C1. The maximum absolute atomic E-state index is 12.7. The van der Waals surface area contributed by atoms with E-state index in [4.69, 9.17) is 10.5 Å². The fraction of sp³-hybridized carbons (Fsp3) is 0.393. The fourth-order valence-corrected chi connectivity index (χ4v) is 4.52. The third-order valence-electron chi connectivity index (χ3n) is 6.77. The molecule has 3 heterocycles. The molecule has 1 aromatic carbocycles. The van der Waals surface area contributed by atoms with Crippen molar-refractivity contribution in [1.29, 1.82) is 0 Å². The summed E-state index contributed by atoms with van der Waals surface area (Å²) in [6, 6.07) is 8.19. The van der Waals surface area contributed by atoms with Gasteiger partial charge in [0.05, 0.1) is 30.6 Å². The highest BCUT2D eigenvalue weighted by atomic mass is 19.4. The number of nitrogens with two attached hydrogens (primary N) is 1. The number of benzene rings is 1. The maximum atomic E-state index is 12.7. The first-order valence-corrected chi connectivity index (χ1v) is 12.9. The number of rotatable bonds is 10. The van der Waals surface area contributed by atoms with E-state index < -0.39 is 30.8 Å². The highest BCUT2D eigenvalue weighted by Gasteiger charge is 2.29. The molecule has 1 fully saturated rings. The molecule has 1 aliphatic heterocycles. The van der Waals surface area contributed by atoms with Gasteiger partial charge in [0.1, 0.15) is 11.8 Å². The molecular weight excluding hydrogens is 525 g/mol. The summed E-state index contributed by atoms with van der Waals surface area (Å²) in [6.45, 7) is 2.92. The van der Waals surface area contributed by atoms with E-state index in [1.165, 1.54) is 6.20 Å². The van der Waals surface area contributed by atoms with E-state index in [0.717, 1.165) is 12.0 Å². The molecule has 9 nitrogen and oxygen atoms in total. The van der Waals surface area contributed by atoms with Crippen molar-refractivity contribution in [3.05, 3.63) is 60.1 Å². The molecule has 0 saturated carbocycles. The van der Waals surface area contributed by atoms with E-state index in [1.54, 1.807) is 66.3 Å². The first-order chi connectivity index (χ1) is 19.1. The van der Waals surface area contributed by atoms with Crippen molar-refractivity contribution in [2.24, 2.45) is 10.7 Å². The quantitative estimate of drug-likeness (QED) is 0.380. The van der Waals surface area contributed by atoms with Crippen LogP contribution in [0.3, 0.4) is 0 Å². The number of aliphatic imine (C=N–C) groups is 1. The zero-order valence-corrected chi connectivity index (χ0v) is 22.3. The zero-order chi connectivity index (χ0) is 28.9. The lowest BCUT2D eigenvalue weighted by Gasteiger charge is -2.18. The molecule has 0 radical (unpaired) electrons. The van der Waals surface area contributed by atoms with Gasteiger partial charge in [-0.2, -0.15) is 18.3 Å². The van der Waals surface area contributed by atoms with E-state index >= 15 is 0 Å². The van der Waals surface area contributed by atoms with Crippen molar-refractivity contribution in [3.8, 4) is 11.3 Å². The summed E-state index contributed by atoms with van der Waals surface area (Å²) < 4.78 is 44.3. The van der Waals surface area contributed by atoms with E-state index in [1.807, 2.05) is 6.07 Å². The lowest BCUT2D eigenvalue weighted by Crippen LogP contribution is -2.36. The first-order valence-electron chi connectivity index (χ1n) is 12.9. The van der Waals surface area contributed by atoms with Gasteiger partial charge in [-0.15, -0.1) is 0 Å². The van der Waals surface area contributed by atoms with Crippen LogP contribution in [0.15, 0.2) is 53.9 Å². The topological polar surface area (TPSA) is 115 Å². The Morgan fingerprint density at radius 1 is 1.27 bits per heavy atom. The summed E-state index contributed by atoms with van der Waals surface area (Å²) in [5.74, 6) is -0.559. The molecule has 12 heteroatoms. The number of carbonyl (C=O) groups excluding carboxylic acids is 2. The number of ether oxygens (including phenoxy) is 1. The molecule has 1 saturated heterocycles. The number of carbonyl (C=O) groups is 2. The number of ketones is 1. The molecular formula is C28H31F3N6O3. The van der Waals surface area contributed by atoms with Crippen molar-refractivity contribution >= 4 is 29.1 Å². The van der Waals surface area contributed by atoms with Crippen LogP contribution in [0.2, 0.25) is 0 Å². The van der Waals surface area contributed by atoms with Crippen molar-refractivity contribution in [2.45, 2.75) is 50.9 Å². The molecule has 212 valence electrons. The molecule has 0 bridgehead atoms. The van der Waals surface area contributed by atoms with Gasteiger partial charge in [-0.05, 0) is 31.0 Å². The third-order valence-corrected chi connectivity index (χ3v) is 6.77. The van der Waals surface area contributed by atoms with Crippen LogP contribution in [0.1, 0.15) is 37.3 Å². The number of alkyl halides is 3. The Balaban J connectivity index is 1.46. The number of hydrogen-bond acceptors (Lipinski definition) is 7. The second-order valence-corrected chi connectivity index (χ2v) is 9.70. The van der Waals surface area contributed by atoms with Crippen molar-refractivity contribution in [2.75, 3.05) is 20.2 Å². The van der Waals surface area contributed by atoms with Crippen LogP contribution >= 0.6 is 0 Å². The number of allylic oxidation sites excluding steroid dienone is 1. The highest BCUT2D eigenvalue weighted by Crippen LogP contribution is 2.25. The maximum Gasteiger partial charge on any atom is 0.389 e. The minimum absolute atomic E-state index is 0.0464. The Hall–Kier alpha value is -4.06. The normalized spacial score (nSPS) is 17.2. The molecule has 0 aliphatic carbocycles. The number of amides is 1. The van der Waals surface area contributed by atoms with Crippen LogP contribution in [0.5, 0.6) is 0 Å². The fourth-order valence-electron chi connectivity index (χ4n) is 4.52. The number of fused-ring (bicyclic) bond motifs is 1. The number of likely N-dealkylation sites (tertiary alicyclic amines) is 1. The summed E-state index contributed by atoms with van der Waals surface area (Å²) in [5, 5.41) is 4.49. The molecule has 2 aromatic heterocycles. The summed E-state index contributed by atoms with van der Waals surface area (Å²) in [6.07, 6.45) is 0.876. The van der Waals surface area contributed by atoms with Crippen LogP contribution in [-0.4, -0.2) is 75.9 Å². The predicted molar refractivity (Wildman–Crippen MR) is 145 cm³/mol. The van der Waals surface area contributed by atoms with Gasteiger partial charge in [0.25, 0.3) is 0 Å². The average molecular weight is 557 g/mol. The van der Waals surface area contributed by atoms with Gasteiger partial charge < -0.3 is 15.4 Å². The molecule has 40 heavy (non-hydrogen) atoms. The number of Topliss-reactive ketones (excluding diaryl/α,β-unsaturated/α-hetero) is 1. The Morgan fingerprint density at radius 2 is 2.08 bits per heavy atom. The summed E-state index contributed by atoms with van der Waals surface area (Å²) in [5.41, 5.74) is 9.58. The lowest BCUT2D eigenvalue weighted by molar-refractivity contribution is -0.143. The van der Waals surface area contributed by atoms with Gasteiger partial charge in [0, 0.05) is 62.2 Å². The van der Waals surface area contributed by atoms with Crippen molar-refractivity contribution in [3.63, 3.8) is 0 Å². The second kappa shape index (κ2) is 12.4. The van der Waals surface area contributed by atoms with Crippen LogP contribution < -0.4 is 5.73 Å². The van der Waals surface area contributed by atoms with Crippen LogP contribution in [-0.2, 0) is 20.7 Å². The third kappa shape index (κ3) is 7.12. The lowest BCUT2D eigenvalue weighted by atomic mass is 10.0. The minimum Gasteiger partial charge on any atom is -0.404 e. The number of halogens is 3.